The number of nitrogens with one attached hydrogen (secondary N) is 1. The third kappa shape index (κ3) is 6.95. The highest BCUT2D eigenvalue weighted by molar-refractivity contribution is 6.32. The molecular formula is C15H18ClNO3. The molecule has 0 saturated carbocycles. The van der Waals surface area contributed by atoms with Crippen LogP contribution in [0.3, 0.4) is 0 Å². The molecule has 0 spiro atoms. The van der Waals surface area contributed by atoms with Crippen LogP contribution < -0.4 is 5.32 Å². The number of benzene rings is 1. The van der Waals surface area contributed by atoms with Gasteiger partial charge in [0, 0.05) is 24.1 Å². The van der Waals surface area contributed by atoms with Crippen molar-refractivity contribution < 1.29 is 14.7 Å². The Morgan fingerprint density at radius 3 is 2.65 bits per heavy atom. The summed E-state index contributed by atoms with van der Waals surface area (Å²) in [6.45, 7) is 0.547. The molecule has 108 valence electrons. The number of rotatable bonds is 8. The molecule has 0 aliphatic carbocycles. The van der Waals surface area contributed by atoms with Crippen LogP contribution in [-0.4, -0.2) is 23.5 Å². The summed E-state index contributed by atoms with van der Waals surface area (Å²) in [6.07, 6.45) is 5.50. The average molecular weight is 296 g/mol. The quantitative estimate of drug-likeness (QED) is 0.572. The van der Waals surface area contributed by atoms with E-state index in [1.807, 2.05) is 18.2 Å². The van der Waals surface area contributed by atoms with Gasteiger partial charge in [0.25, 0.3) is 0 Å². The molecule has 0 aromatic heterocycles. The van der Waals surface area contributed by atoms with Gasteiger partial charge in [-0.3, -0.25) is 9.59 Å². The average Bonchev–Trinajstić information content (AvgIpc) is 2.41. The molecule has 1 aromatic carbocycles. The fraction of sp³-hybridized carbons (Fsp3) is 0.333. The van der Waals surface area contributed by atoms with E-state index in [0.29, 0.717) is 18.0 Å². The Balaban J connectivity index is 2.20. The highest BCUT2D eigenvalue weighted by Gasteiger charge is 1.99. The minimum atomic E-state index is -0.781. The lowest BCUT2D eigenvalue weighted by atomic mass is 10.2. The van der Waals surface area contributed by atoms with Crippen LogP contribution in [0.15, 0.2) is 30.3 Å². The van der Waals surface area contributed by atoms with E-state index in [1.165, 1.54) is 6.08 Å². The van der Waals surface area contributed by atoms with Crippen molar-refractivity contribution in [1.82, 2.24) is 5.32 Å². The minimum Gasteiger partial charge on any atom is -0.481 e. The van der Waals surface area contributed by atoms with Gasteiger partial charge in [0.05, 0.1) is 0 Å². The Kier molecular flexibility index (Phi) is 7.43. The zero-order valence-corrected chi connectivity index (χ0v) is 11.9. The third-order valence-corrected chi connectivity index (χ3v) is 3.03. The Morgan fingerprint density at radius 1 is 1.20 bits per heavy atom. The molecule has 0 fully saturated rings. The van der Waals surface area contributed by atoms with E-state index in [2.05, 4.69) is 5.32 Å². The molecule has 20 heavy (non-hydrogen) atoms. The second kappa shape index (κ2) is 9.15. The second-order valence-electron chi connectivity index (χ2n) is 4.35. The van der Waals surface area contributed by atoms with Gasteiger partial charge in [0.2, 0.25) is 5.91 Å². The first-order valence-corrected chi connectivity index (χ1v) is 6.89. The first kappa shape index (κ1) is 16.2. The molecule has 0 unspecified atom stereocenters. The van der Waals surface area contributed by atoms with Crippen molar-refractivity contribution in [3.63, 3.8) is 0 Å². The number of carbonyl (C=O) groups excluding carboxylic acids is 1. The number of halogens is 1. The summed E-state index contributed by atoms with van der Waals surface area (Å²) in [6, 6.07) is 7.28. The SMILES string of the molecule is O=C(O)CCCCCNC(=O)/C=C/c1ccccc1Cl. The maximum atomic E-state index is 11.5. The number of hydrogen-bond donors (Lipinski definition) is 2. The molecule has 0 saturated heterocycles. The van der Waals surface area contributed by atoms with Crippen LogP contribution in [0.25, 0.3) is 6.08 Å². The van der Waals surface area contributed by atoms with E-state index in [4.69, 9.17) is 16.7 Å². The smallest absolute Gasteiger partial charge is 0.303 e. The lowest BCUT2D eigenvalue weighted by Gasteiger charge is -2.02. The number of carboxylic acids is 1. The molecular weight excluding hydrogens is 278 g/mol. The summed E-state index contributed by atoms with van der Waals surface area (Å²) in [5.74, 6) is -0.958. The standard InChI is InChI=1S/C15H18ClNO3/c16-13-7-4-3-6-12(13)9-10-14(18)17-11-5-1-2-8-15(19)20/h3-4,6-7,9-10H,1-2,5,8,11H2,(H,17,18)(H,19,20)/b10-9+. The van der Waals surface area contributed by atoms with E-state index in [9.17, 15) is 9.59 Å². The number of hydrogen-bond acceptors (Lipinski definition) is 2. The molecule has 1 amide bonds. The number of aliphatic carboxylic acids is 1. The highest BCUT2D eigenvalue weighted by Crippen LogP contribution is 2.15. The van der Waals surface area contributed by atoms with Crippen LogP contribution in [-0.2, 0) is 9.59 Å². The van der Waals surface area contributed by atoms with Crippen LogP contribution >= 0.6 is 11.6 Å². The summed E-state index contributed by atoms with van der Waals surface area (Å²) in [4.78, 5) is 21.8. The Labute approximate surface area is 123 Å². The van der Waals surface area contributed by atoms with Crippen LogP contribution in [0.2, 0.25) is 5.02 Å². The lowest BCUT2D eigenvalue weighted by molar-refractivity contribution is -0.137. The van der Waals surface area contributed by atoms with Gasteiger partial charge >= 0.3 is 5.97 Å². The first-order valence-electron chi connectivity index (χ1n) is 6.52. The lowest BCUT2D eigenvalue weighted by Crippen LogP contribution is -2.22. The fourth-order valence-corrected chi connectivity index (χ4v) is 1.82. The third-order valence-electron chi connectivity index (χ3n) is 2.69. The van der Waals surface area contributed by atoms with Gasteiger partial charge in [-0.1, -0.05) is 36.2 Å². The van der Waals surface area contributed by atoms with Crippen molar-refractivity contribution in [1.29, 1.82) is 0 Å². The summed E-state index contributed by atoms with van der Waals surface area (Å²) in [5.41, 5.74) is 0.797. The van der Waals surface area contributed by atoms with Crippen molar-refractivity contribution in [2.24, 2.45) is 0 Å². The second-order valence-corrected chi connectivity index (χ2v) is 4.76. The summed E-state index contributed by atoms with van der Waals surface area (Å²) >= 11 is 5.96. The molecule has 0 radical (unpaired) electrons. The van der Waals surface area contributed by atoms with E-state index >= 15 is 0 Å². The van der Waals surface area contributed by atoms with Gasteiger partial charge in [-0.2, -0.15) is 0 Å². The minimum absolute atomic E-state index is 0.178. The van der Waals surface area contributed by atoms with Crippen molar-refractivity contribution in [3.8, 4) is 0 Å². The van der Waals surface area contributed by atoms with Crippen LogP contribution in [0, 0.1) is 0 Å². The molecule has 2 N–H and O–H groups in total. The Hall–Kier alpha value is -1.81. The monoisotopic (exact) mass is 295 g/mol. The molecule has 0 aliphatic heterocycles. The normalized spacial score (nSPS) is 10.7. The van der Waals surface area contributed by atoms with Crippen molar-refractivity contribution in [2.45, 2.75) is 25.7 Å². The van der Waals surface area contributed by atoms with Crippen LogP contribution in [0.1, 0.15) is 31.2 Å². The summed E-state index contributed by atoms with van der Waals surface area (Å²) in [7, 11) is 0. The molecule has 0 bridgehead atoms. The van der Waals surface area contributed by atoms with Gasteiger partial charge in [-0.15, -0.1) is 0 Å². The van der Waals surface area contributed by atoms with E-state index in [1.54, 1.807) is 12.1 Å². The van der Waals surface area contributed by atoms with Crippen molar-refractivity contribution >= 4 is 29.6 Å². The molecule has 4 nitrogen and oxygen atoms in total. The van der Waals surface area contributed by atoms with Crippen molar-refractivity contribution in [3.05, 3.63) is 40.9 Å². The molecule has 5 heteroatoms. The van der Waals surface area contributed by atoms with Crippen LogP contribution in [0.4, 0.5) is 0 Å². The maximum absolute atomic E-state index is 11.5. The van der Waals surface area contributed by atoms with E-state index < -0.39 is 5.97 Å². The number of unbranched alkanes of at least 4 members (excludes halogenated alkanes) is 2. The van der Waals surface area contributed by atoms with Gasteiger partial charge in [-0.05, 0) is 30.5 Å². The van der Waals surface area contributed by atoms with E-state index in [-0.39, 0.29) is 12.3 Å². The molecule has 0 heterocycles. The molecule has 1 rings (SSSR count). The molecule has 0 aliphatic rings. The maximum Gasteiger partial charge on any atom is 0.303 e. The van der Waals surface area contributed by atoms with Crippen LogP contribution in [0.5, 0.6) is 0 Å². The van der Waals surface area contributed by atoms with Gasteiger partial charge < -0.3 is 10.4 Å². The zero-order valence-electron chi connectivity index (χ0n) is 11.1. The highest BCUT2D eigenvalue weighted by atomic mass is 35.5. The molecule has 0 atom stereocenters. The number of amides is 1. The predicted molar refractivity (Wildman–Crippen MR) is 79.6 cm³/mol. The predicted octanol–water partition coefficient (Wildman–Crippen LogP) is 3.11. The van der Waals surface area contributed by atoms with Gasteiger partial charge in [0.1, 0.15) is 0 Å². The Bertz CT molecular complexity index is 486. The summed E-state index contributed by atoms with van der Waals surface area (Å²) in [5, 5.41) is 11.8. The fourth-order valence-electron chi connectivity index (χ4n) is 1.62. The Morgan fingerprint density at radius 2 is 1.95 bits per heavy atom. The van der Waals surface area contributed by atoms with Gasteiger partial charge in [0.15, 0.2) is 0 Å². The van der Waals surface area contributed by atoms with Crippen molar-refractivity contribution in [2.75, 3.05) is 6.54 Å². The number of carboxylic acid groups (broad SMARTS) is 1. The summed E-state index contributed by atoms with van der Waals surface area (Å²) < 4.78 is 0. The molecule has 1 aromatic rings. The first-order chi connectivity index (χ1) is 9.59. The van der Waals surface area contributed by atoms with E-state index in [0.717, 1.165) is 18.4 Å². The zero-order chi connectivity index (χ0) is 14.8. The largest absolute Gasteiger partial charge is 0.481 e. The van der Waals surface area contributed by atoms with Gasteiger partial charge in [-0.25, -0.2) is 0 Å². The number of carbonyl (C=O) groups is 2. The topological polar surface area (TPSA) is 66.4 Å².